The molecule has 104 valence electrons. The van der Waals surface area contributed by atoms with E-state index >= 15 is 0 Å². The Bertz CT molecular complexity index is 267. The molecular formula is C13H25N3O2. The molecule has 2 atom stereocenters. The molecule has 0 aliphatic carbocycles. The van der Waals surface area contributed by atoms with Crippen LogP contribution < -0.4 is 10.6 Å². The maximum atomic E-state index is 12.1. The van der Waals surface area contributed by atoms with E-state index in [1.807, 2.05) is 4.90 Å². The fraction of sp³-hybridized carbons (Fsp3) is 0.923. The molecule has 0 saturated carbocycles. The Labute approximate surface area is 109 Å². The van der Waals surface area contributed by atoms with Crippen LogP contribution >= 0.6 is 0 Å². The number of carbonyl (C=O) groups is 1. The molecule has 2 N–H and O–H groups in total. The minimum absolute atomic E-state index is 0.0773. The minimum Gasteiger partial charge on any atom is -0.379 e. The number of hydrogen-bond donors (Lipinski definition) is 2. The van der Waals surface area contributed by atoms with E-state index in [1.165, 1.54) is 6.42 Å². The largest absolute Gasteiger partial charge is 0.379 e. The predicted octanol–water partition coefficient (Wildman–Crippen LogP) is 0.949. The maximum Gasteiger partial charge on any atom is 0.317 e. The number of piperidine rings is 1. The molecule has 2 amide bonds. The van der Waals surface area contributed by atoms with Crippen molar-refractivity contribution >= 4 is 6.03 Å². The van der Waals surface area contributed by atoms with E-state index in [1.54, 1.807) is 0 Å². The number of carbonyl (C=O) groups excluding carboxylic acids is 1. The quantitative estimate of drug-likeness (QED) is 0.786. The van der Waals surface area contributed by atoms with Gasteiger partial charge in [-0.2, -0.15) is 0 Å². The van der Waals surface area contributed by atoms with Gasteiger partial charge in [-0.15, -0.1) is 0 Å². The summed E-state index contributed by atoms with van der Waals surface area (Å²) in [6.07, 6.45) is 4.35. The molecule has 0 radical (unpaired) electrons. The van der Waals surface area contributed by atoms with Crippen molar-refractivity contribution in [3.8, 4) is 0 Å². The van der Waals surface area contributed by atoms with Crippen molar-refractivity contribution in [3.05, 3.63) is 0 Å². The molecule has 5 heteroatoms. The van der Waals surface area contributed by atoms with E-state index in [4.69, 9.17) is 4.74 Å². The number of nitrogens with zero attached hydrogens (tertiary/aromatic N) is 1. The van der Waals surface area contributed by atoms with Gasteiger partial charge in [0, 0.05) is 25.7 Å². The smallest absolute Gasteiger partial charge is 0.317 e. The lowest BCUT2D eigenvalue weighted by molar-refractivity contribution is 0.163. The Balaban J connectivity index is 1.74. The summed E-state index contributed by atoms with van der Waals surface area (Å²) >= 11 is 0. The van der Waals surface area contributed by atoms with E-state index in [2.05, 4.69) is 17.6 Å². The SMILES string of the molecule is CCCNC1CCCN(C(=O)NC2CCOC2)C1. The summed E-state index contributed by atoms with van der Waals surface area (Å²) in [6, 6.07) is 0.749. The highest BCUT2D eigenvalue weighted by Crippen LogP contribution is 2.11. The molecule has 2 aliphatic heterocycles. The predicted molar refractivity (Wildman–Crippen MR) is 70.6 cm³/mol. The molecule has 0 aromatic carbocycles. The monoisotopic (exact) mass is 255 g/mol. The summed E-state index contributed by atoms with van der Waals surface area (Å²) in [4.78, 5) is 14.0. The van der Waals surface area contributed by atoms with Gasteiger partial charge in [-0.05, 0) is 32.2 Å². The summed E-state index contributed by atoms with van der Waals surface area (Å²) in [5, 5.41) is 6.56. The Morgan fingerprint density at radius 2 is 2.28 bits per heavy atom. The van der Waals surface area contributed by atoms with Crippen LogP contribution in [0.3, 0.4) is 0 Å². The zero-order valence-corrected chi connectivity index (χ0v) is 11.3. The van der Waals surface area contributed by atoms with Gasteiger partial charge in [0.1, 0.15) is 0 Å². The Hall–Kier alpha value is -0.810. The van der Waals surface area contributed by atoms with Gasteiger partial charge in [0.05, 0.1) is 12.6 Å². The summed E-state index contributed by atoms with van der Waals surface area (Å²) < 4.78 is 5.27. The van der Waals surface area contributed by atoms with Crippen molar-refractivity contribution in [3.63, 3.8) is 0 Å². The second kappa shape index (κ2) is 6.95. The Morgan fingerprint density at radius 3 is 3.00 bits per heavy atom. The molecule has 2 fully saturated rings. The average Bonchev–Trinajstić information content (AvgIpc) is 2.89. The zero-order chi connectivity index (χ0) is 12.8. The number of amides is 2. The number of urea groups is 1. The summed E-state index contributed by atoms with van der Waals surface area (Å²) in [5.74, 6) is 0. The number of nitrogens with one attached hydrogen (secondary N) is 2. The van der Waals surface area contributed by atoms with Crippen LogP contribution in [0.4, 0.5) is 4.79 Å². The second-order valence-electron chi connectivity index (χ2n) is 5.25. The van der Waals surface area contributed by atoms with Crippen LogP contribution in [0.5, 0.6) is 0 Å². The third-order valence-electron chi connectivity index (χ3n) is 3.65. The van der Waals surface area contributed by atoms with E-state index in [9.17, 15) is 4.79 Å². The fourth-order valence-electron chi connectivity index (χ4n) is 2.59. The lowest BCUT2D eigenvalue weighted by atomic mass is 10.1. The fourth-order valence-corrected chi connectivity index (χ4v) is 2.59. The van der Waals surface area contributed by atoms with E-state index in [-0.39, 0.29) is 12.1 Å². The van der Waals surface area contributed by atoms with Crippen LogP contribution in [0.15, 0.2) is 0 Å². The van der Waals surface area contributed by atoms with E-state index in [0.29, 0.717) is 12.6 Å². The molecule has 2 heterocycles. The number of rotatable bonds is 4. The first-order valence-corrected chi connectivity index (χ1v) is 7.16. The topological polar surface area (TPSA) is 53.6 Å². The molecule has 0 aromatic heterocycles. The first-order chi connectivity index (χ1) is 8.79. The van der Waals surface area contributed by atoms with Crippen LogP contribution in [0.25, 0.3) is 0 Å². The molecular weight excluding hydrogens is 230 g/mol. The molecule has 0 bridgehead atoms. The van der Waals surface area contributed by atoms with Gasteiger partial charge < -0.3 is 20.3 Å². The third kappa shape index (κ3) is 3.85. The highest BCUT2D eigenvalue weighted by atomic mass is 16.5. The minimum atomic E-state index is 0.0773. The summed E-state index contributed by atoms with van der Waals surface area (Å²) in [5.41, 5.74) is 0. The lowest BCUT2D eigenvalue weighted by Crippen LogP contribution is -2.53. The number of likely N-dealkylation sites (tertiary alicyclic amines) is 1. The molecule has 2 saturated heterocycles. The van der Waals surface area contributed by atoms with Gasteiger partial charge in [0.25, 0.3) is 0 Å². The van der Waals surface area contributed by atoms with Crippen molar-refractivity contribution in [1.29, 1.82) is 0 Å². The Kier molecular flexibility index (Phi) is 5.26. The van der Waals surface area contributed by atoms with Gasteiger partial charge in [-0.1, -0.05) is 6.92 Å². The zero-order valence-electron chi connectivity index (χ0n) is 11.3. The van der Waals surface area contributed by atoms with Crippen molar-refractivity contribution in [1.82, 2.24) is 15.5 Å². The van der Waals surface area contributed by atoms with Crippen LogP contribution in [0.2, 0.25) is 0 Å². The van der Waals surface area contributed by atoms with Crippen LogP contribution in [-0.4, -0.2) is 55.9 Å². The molecule has 18 heavy (non-hydrogen) atoms. The van der Waals surface area contributed by atoms with Crippen LogP contribution in [-0.2, 0) is 4.74 Å². The van der Waals surface area contributed by atoms with Crippen molar-refractivity contribution in [2.24, 2.45) is 0 Å². The molecule has 0 aromatic rings. The van der Waals surface area contributed by atoms with Crippen molar-refractivity contribution in [2.45, 2.75) is 44.7 Å². The van der Waals surface area contributed by atoms with Gasteiger partial charge in [-0.3, -0.25) is 0 Å². The normalized spacial score (nSPS) is 28.4. The van der Waals surface area contributed by atoms with E-state index in [0.717, 1.165) is 45.5 Å². The van der Waals surface area contributed by atoms with Crippen molar-refractivity contribution < 1.29 is 9.53 Å². The van der Waals surface area contributed by atoms with Gasteiger partial charge in [0.15, 0.2) is 0 Å². The maximum absolute atomic E-state index is 12.1. The highest BCUT2D eigenvalue weighted by molar-refractivity contribution is 5.74. The molecule has 5 nitrogen and oxygen atoms in total. The molecule has 0 spiro atoms. The summed E-state index contributed by atoms with van der Waals surface area (Å²) in [6.45, 7) is 6.35. The van der Waals surface area contributed by atoms with Crippen LogP contribution in [0.1, 0.15) is 32.6 Å². The lowest BCUT2D eigenvalue weighted by Gasteiger charge is -2.34. The van der Waals surface area contributed by atoms with Crippen LogP contribution in [0, 0.1) is 0 Å². The number of hydrogen-bond acceptors (Lipinski definition) is 3. The first kappa shape index (κ1) is 13.6. The third-order valence-corrected chi connectivity index (χ3v) is 3.65. The molecule has 2 unspecified atom stereocenters. The van der Waals surface area contributed by atoms with Gasteiger partial charge >= 0.3 is 6.03 Å². The van der Waals surface area contributed by atoms with E-state index < -0.39 is 0 Å². The summed E-state index contributed by atoms with van der Waals surface area (Å²) in [7, 11) is 0. The van der Waals surface area contributed by atoms with Crippen molar-refractivity contribution in [2.75, 3.05) is 32.8 Å². The first-order valence-electron chi connectivity index (χ1n) is 7.16. The second-order valence-corrected chi connectivity index (χ2v) is 5.25. The highest BCUT2D eigenvalue weighted by Gasteiger charge is 2.25. The van der Waals surface area contributed by atoms with Gasteiger partial charge in [0.2, 0.25) is 0 Å². The number of ether oxygens (including phenoxy) is 1. The molecule has 2 aliphatic rings. The standard InChI is InChI=1S/C13H25N3O2/c1-2-6-14-11-4-3-7-16(9-11)13(17)15-12-5-8-18-10-12/h11-12,14H,2-10H2,1H3,(H,15,17). The molecule has 2 rings (SSSR count). The Morgan fingerprint density at radius 1 is 1.39 bits per heavy atom. The van der Waals surface area contributed by atoms with Gasteiger partial charge in [-0.25, -0.2) is 4.79 Å². The average molecular weight is 255 g/mol.